The molecule has 0 aliphatic carbocycles. The van der Waals surface area contributed by atoms with Gasteiger partial charge in [0.05, 0.1) is 41.8 Å². The van der Waals surface area contributed by atoms with Crippen molar-refractivity contribution in [1.29, 1.82) is 0 Å². The van der Waals surface area contributed by atoms with Crippen LogP contribution < -0.4 is 25.4 Å². The molecule has 3 amide bonds. The quantitative estimate of drug-likeness (QED) is 0.183. The monoisotopic (exact) mass is 621 g/mol. The number of aromatic hydroxyl groups is 1. The SMILES string of the molecule is COC(=O)c1cccc(OC(C)C)c1NC(=O)c1ccc(NC(=O)c2ccc(NC(=O)OC(C)(C)C)cc2)c(OC(C)C)c1O. The van der Waals surface area contributed by atoms with Crippen molar-refractivity contribution in [2.45, 2.75) is 66.3 Å². The van der Waals surface area contributed by atoms with Crippen LogP contribution in [0, 0.1) is 0 Å². The lowest BCUT2D eigenvalue weighted by molar-refractivity contribution is 0.0598. The average Bonchev–Trinajstić information content (AvgIpc) is 2.94. The number of phenolic OH excluding ortho intramolecular Hbond substituents is 1. The largest absolute Gasteiger partial charge is 0.504 e. The molecule has 0 saturated carbocycles. The van der Waals surface area contributed by atoms with Crippen LogP contribution in [0.15, 0.2) is 54.6 Å². The predicted octanol–water partition coefficient (Wildman–Crippen LogP) is 6.60. The van der Waals surface area contributed by atoms with E-state index in [0.717, 1.165) is 0 Å². The Morgan fingerprint density at radius 1 is 0.756 bits per heavy atom. The first kappa shape index (κ1) is 34.2. The Balaban J connectivity index is 1.88. The maximum atomic E-state index is 13.5. The van der Waals surface area contributed by atoms with Crippen LogP contribution in [0.25, 0.3) is 0 Å². The van der Waals surface area contributed by atoms with Crippen LogP contribution in [-0.2, 0) is 9.47 Å². The fourth-order valence-corrected chi connectivity index (χ4v) is 4.00. The maximum absolute atomic E-state index is 13.5. The lowest BCUT2D eigenvalue weighted by atomic mass is 10.1. The standard InChI is InChI=1S/C33H39N3O9/c1-18(2)43-25-11-9-10-22(31(40)42-8)26(25)36-30(39)23-16-17-24(28(27(23)37)44-19(3)4)35-29(38)20-12-14-21(15-13-20)34-32(41)45-33(5,6)7/h9-19,37H,1-8H3,(H,34,41)(H,35,38)(H,36,39). The van der Waals surface area contributed by atoms with E-state index in [0.29, 0.717) is 5.69 Å². The lowest BCUT2D eigenvalue weighted by Gasteiger charge is -2.20. The van der Waals surface area contributed by atoms with Gasteiger partial charge in [-0.1, -0.05) is 6.07 Å². The van der Waals surface area contributed by atoms with Crippen molar-refractivity contribution in [3.8, 4) is 17.2 Å². The minimum absolute atomic E-state index is 0.0540. The number of anilines is 3. The number of phenols is 1. The molecule has 0 heterocycles. The van der Waals surface area contributed by atoms with Gasteiger partial charge in [0.2, 0.25) is 0 Å². The minimum Gasteiger partial charge on any atom is -0.504 e. The smallest absolute Gasteiger partial charge is 0.412 e. The van der Waals surface area contributed by atoms with Gasteiger partial charge in [-0.2, -0.15) is 0 Å². The number of hydrogen-bond acceptors (Lipinski definition) is 9. The highest BCUT2D eigenvalue weighted by molar-refractivity contribution is 6.12. The molecule has 0 atom stereocenters. The molecule has 0 aromatic heterocycles. The van der Waals surface area contributed by atoms with Gasteiger partial charge >= 0.3 is 12.1 Å². The highest BCUT2D eigenvalue weighted by Crippen LogP contribution is 2.40. The molecular formula is C33H39N3O9. The summed E-state index contributed by atoms with van der Waals surface area (Å²) in [5.41, 5.74) is 0.0510. The molecule has 3 rings (SSSR count). The second kappa shape index (κ2) is 14.5. The summed E-state index contributed by atoms with van der Waals surface area (Å²) in [6.45, 7) is 12.3. The van der Waals surface area contributed by atoms with E-state index in [1.807, 2.05) is 0 Å². The Bertz CT molecular complexity index is 1560. The summed E-state index contributed by atoms with van der Waals surface area (Å²) in [7, 11) is 1.22. The zero-order valence-corrected chi connectivity index (χ0v) is 26.6. The van der Waals surface area contributed by atoms with Gasteiger partial charge in [0.15, 0.2) is 11.5 Å². The van der Waals surface area contributed by atoms with Crippen molar-refractivity contribution >= 4 is 40.9 Å². The van der Waals surface area contributed by atoms with Gasteiger partial charge in [0.1, 0.15) is 11.4 Å². The van der Waals surface area contributed by atoms with Crippen LogP contribution in [-0.4, -0.2) is 53.9 Å². The fourth-order valence-electron chi connectivity index (χ4n) is 4.00. The molecule has 12 nitrogen and oxygen atoms in total. The highest BCUT2D eigenvalue weighted by atomic mass is 16.6. The summed E-state index contributed by atoms with van der Waals surface area (Å²) in [4.78, 5) is 51.0. The van der Waals surface area contributed by atoms with E-state index >= 15 is 0 Å². The number of ether oxygens (including phenoxy) is 4. The Kier molecular flexibility index (Phi) is 11.0. The third-order valence-electron chi connectivity index (χ3n) is 5.80. The Morgan fingerprint density at radius 2 is 1.40 bits per heavy atom. The Morgan fingerprint density at radius 3 is 1.98 bits per heavy atom. The first-order chi connectivity index (χ1) is 21.1. The number of nitrogens with one attached hydrogen (secondary N) is 3. The molecule has 0 bridgehead atoms. The van der Waals surface area contributed by atoms with Crippen LogP contribution >= 0.6 is 0 Å². The number of methoxy groups -OCH3 is 1. The van der Waals surface area contributed by atoms with Gasteiger partial charge in [-0.15, -0.1) is 0 Å². The number of hydrogen-bond donors (Lipinski definition) is 4. The zero-order valence-electron chi connectivity index (χ0n) is 26.6. The number of benzene rings is 3. The fraction of sp³-hybridized carbons (Fsp3) is 0.333. The molecule has 0 fully saturated rings. The topological polar surface area (TPSA) is 162 Å². The third-order valence-corrected chi connectivity index (χ3v) is 5.80. The van der Waals surface area contributed by atoms with Crippen molar-refractivity contribution in [3.05, 3.63) is 71.3 Å². The average molecular weight is 622 g/mol. The van der Waals surface area contributed by atoms with Crippen LogP contribution in [0.3, 0.4) is 0 Å². The minimum atomic E-state index is -0.767. The molecule has 0 saturated heterocycles. The third kappa shape index (κ3) is 9.36. The van der Waals surface area contributed by atoms with Crippen molar-refractivity contribution in [1.82, 2.24) is 0 Å². The van der Waals surface area contributed by atoms with Crippen molar-refractivity contribution in [2.75, 3.05) is 23.1 Å². The highest BCUT2D eigenvalue weighted by Gasteiger charge is 2.25. The molecule has 3 aromatic rings. The summed E-state index contributed by atoms with van der Waals surface area (Å²) in [5, 5.41) is 19.1. The van der Waals surface area contributed by atoms with E-state index in [2.05, 4.69) is 16.0 Å². The van der Waals surface area contributed by atoms with Crippen molar-refractivity contribution in [3.63, 3.8) is 0 Å². The van der Waals surface area contributed by atoms with E-state index in [4.69, 9.17) is 18.9 Å². The van der Waals surface area contributed by atoms with E-state index in [-0.39, 0.29) is 45.7 Å². The van der Waals surface area contributed by atoms with Crippen LogP contribution in [0.4, 0.5) is 21.9 Å². The van der Waals surface area contributed by atoms with Gasteiger partial charge in [-0.05, 0) is 97.0 Å². The van der Waals surface area contributed by atoms with E-state index in [1.165, 1.54) is 37.4 Å². The number of para-hydroxylation sites is 1. The molecule has 3 aromatic carbocycles. The summed E-state index contributed by atoms with van der Waals surface area (Å²) in [6, 6.07) is 13.5. The van der Waals surface area contributed by atoms with Gasteiger partial charge in [-0.3, -0.25) is 14.9 Å². The van der Waals surface area contributed by atoms with Gasteiger partial charge in [0.25, 0.3) is 11.8 Å². The zero-order chi connectivity index (χ0) is 33.5. The predicted molar refractivity (Wildman–Crippen MR) is 170 cm³/mol. The second-order valence-electron chi connectivity index (χ2n) is 11.5. The van der Waals surface area contributed by atoms with E-state index in [9.17, 15) is 24.3 Å². The molecule has 0 unspecified atom stereocenters. The molecule has 4 N–H and O–H groups in total. The normalized spacial score (nSPS) is 11.1. The summed E-state index contributed by atoms with van der Waals surface area (Å²) in [6.07, 6.45) is -1.34. The van der Waals surface area contributed by atoms with Crippen LogP contribution in [0.1, 0.15) is 79.5 Å². The Hall–Kier alpha value is -5.26. The van der Waals surface area contributed by atoms with Gasteiger partial charge in [-0.25, -0.2) is 9.59 Å². The van der Waals surface area contributed by atoms with Crippen molar-refractivity contribution < 1.29 is 43.2 Å². The molecule has 240 valence electrons. The summed E-state index contributed by atoms with van der Waals surface area (Å²) >= 11 is 0. The van der Waals surface area contributed by atoms with Crippen LogP contribution in [0.5, 0.6) is 17.2 Å². The van der Waals surface area contributed by atoms with Gasteiger partial charge in [0, 0.05) is 11.3 Å². The summed E-state index contributed by atoms with van der Waals surface area (Å²) < 4.78 is 21.7. The van der Waals surface area contributed by atoms with Crippen LogP contribution in [0.2, 0.25) is 0 Å². The molecule has 0 aliphatic heterocycles. The number of rotatable bonds is 10. The number of amides is 3. The number of carbonyl (C=O) groups is 4. The van der Waals surface area contributed by atoms with E-state index < -0.39 is 41.3 Å². The lowest BCUT2D eigenvalue weighted by Crippen LogP contribution is -2.27. The molecular weight excluding hydrogens is 582 g/mol. The van der Waals surface area contributed by atoms with E-state index in [1.54, 1.807) is 72.7 Å². The Labute approximate surface area is 262 Å². The molecule has 0 radical (unpaired) electrons. The van der Waals surface area contributed by atoms with Crippen molar-refractivity contribution in [2.24, 2.45) is 0 Å². The summed E-state index contributed by atoms with van der Waals surface area (Å²) in [5.74, 6) is -2.43. The molecule has 0 aliphatic rings. The maximum Gasteiger partial charge on any atom is 0.412 e. The number of carbonyl (C=O) groups excluding carboxylic acids is 4. The number of esters is 1. The second-order valence-corrected chi connectivity index (χ2v) is 11.5. The molecule has 45 heavy (non-hydrogen) atoms. The first-order valence-electron chi connectivity index (χ1n) is 14.2. The molecule has 0 spiro atoms. The van der Waals surface area contributed by atoms with Gasteiger partial charge < -0.3 is 34.7 Å². The molecule has 12 heteroatoms. The first-order valence-corrected chi connectivity index (χ1v) is 14.2.